The van der Waals surface area contributed by atoms with Gasteiger partial charge in [0, 0.05) is 24.1 Å². The van der Waals surface area contributed by atoms with E-state index in [2.05, 4.69) is 4.98 Å². The first-order chi connectivity index (χ1) is 11.5. The molecule has 0 bridgehead atoms. The van der Waals surface area contributed by atoms with Crippen LogP contribution in [0.4, 0.5) is 0 Å². The van der Waals surface area contributed by atoms with Gasteiger partial charge in [0.05, 0.1) is 5.75 Å². The molecule has 2 N–H and O–H groups in total. The molecule has 0 aliphatic carbocycles. The third-order valence-corrected chi connectivity index (χ3v) is 7.72. The van der Waals surface area contributed by atoms with Crippen LogP contribution in [0.2, 0.25) is 0 Å². The molecule has 0 spiro atoms. The number of sulfone groups is 1. The normalized spacial score (nSPS) is 29.9. The molecule has 0 radical (unpaired) electrons. The van der Waals surface area contributed by atoms with Gasteiger partial charge in [0.25, 0.3) is 5.56 Å². The molecule has 2 aromatic rings. The molecule has 9 heteroatoms. The number of quaternary nitrogens is 2. The van der Waals surface area contributed by atoms with Crippen LogP contribution in [0.3, 0.4) is 0 Å². The molecule has 2 fully saturated rings. The molecule has 2 aliphatic heterocycles. The van der Waals surface area contributed by atoms with E-state index >= 15 is 0 Å². The van der Waals surface area contributed by atoms with Crippen LogP contribution >= 0.6 is 11.3 Å². The van der Waals surface area contributed by atoms with E-state index in [9.17, 15) is 13.2 Å². The predicted octanol–water partition coefficient (Wildman–Crippen LogP) is -2.77. The van der Waals surface area contributed by atoms with Gasteiger partial charge in [-0.15, -0.1) is 11.3 Å². The Hall–Kier alpha value is -1.29. The van der Waals surface area contributed by atoms with Crippen molar-refractivity contribution in [3.05, 3.63) is 33.7 Å². The van der Waals surface area contributed by atoms with Gasteiger partial charge in [-0.1, -0.05) is 0 Å². The minimum absolute atomic E-state index is 0.0175. The number of hydrogen-bond donors (Lipinski definition) is 2. The monoisotopic (exact) mass is 370 g/mol. The highest BCUT2D eigenvalue weighted by Crippen LogP contribution is 2.09. The van der Waals surface area contributed by atoms with E-state index in [-0.39, 0.29) is 11.6 Å². The maximum Gasteiger partial charge on any atom is 0.258 e. The van der Waals surface area contributed by atoms with E-state index in [1.165, 1.54) is 21.1 Å². The van der Waals surface area contributed by atoms with Crippen LogP contribution in [-0.2, 0) is 16.4 Å². The summed E-state index contributed by atoms with van der Waals surface area (Å²) in [6, 6.07) is 1.91. The van der Waals surface area contributed by atoms with Crippen molar-refractivity contribution in [1.82, 2.24) is 9.38 Å². The van der Waals surface area contributed by atoms with Crippen LogP contribution in [0.25, 0.3) is 4.96 Å². The van der Waals surface area contributed by atoms with Crippen molar-refractivity contribution >= 4 is 26.1 Å². The molecule has 130 valence electrons. The molecule has 7 nitrogen and oxygen atoms in total. The Morgan fingerprint density at radius 3 is 2.79 bits per heavy atom. The smallest absolute Gasteiger partial charge is 0.258 e. The molecule has 0 aromatic carbocycles. The van der Waals surface area contributed by atoms with E-state index in [0.29, 0.717) is 11.5 Å². The number of nitrogens with one attached hydrogen (secondary N) is 2. The molecule has 0 unspecified atom stereocenters. The second-order valence-corrected chi connectivity index (χ2v) is 9.93. The van der Waals surface area contributed by atoms with Crippen LogP contribution in [0.5, 0.6) is 0 Å². The summed E-state index contributed by atoms with van der Waals surface area (Å²) < 4.78 is 24.9. The molecule has 1 atom stereocenters. The lowest BCUT2D eigenvalue weighted by molar-refractivity contribution is -1.03. The van der Waals surface area contributed by atoms with Gasteiger partial charge in [-0.3, -0.25) is 9.20 Å². The summed E-state index contributed by atoms with van der Waals surface area (Å²) in [5, 5.41) is 1.87. The Balaban J connectivity index is 1.38. The summed E-state index contributed by atoms with van der Waals surface area (Å²) in [6.45, 7) is 4.75. The highest BCUT2D eigenvalue weighted by atomic mass is 32.2. The Bertz CT molecular complexity index is 897. The van der Waals surface area contributed by atoms with Crippen molar-refractivity contribution < 1.29 is 18.2 Å². The lowest BCUT2D eigenvalue weighted by Crippen LogP contribution is -3.29. The molecule has 4 heterocycles. The van der Waals surface area contributed by atoms with Crippen LogP contribution in [0.15, 0.2) is 22.4 Å². The maximum absolute atomic E-state index is 12.0. The van der Waals surface area contributed by atoms with E-state index < -0.39 is 9.84 Å². The fourth-order valence-corrected chi connectivity index (χ4v) is 6.43. The fourth-order valence-electron chi connectivity index (χ4n) is 3.86. The average Bonchev–Trinajstić information content (AvgIpc) is 3.14. The number of fused-ring (bicyclic) bond motifs is 1. The number of hydrogen-bond acceptors (Lipinski definition) is 5. The second kappa shape index (κ2) is 6.21. The van der Waals surface area contributed by atoms with Crippen molar-refractivity contribution in [2.45, 2.75) is 19.0 Å². The predicted molar refractivity (Wildman–Crippen MR) is 91.5 cm³/mol. The summed E-state index contributed by atoms with van der Waals surface area (Å²) in [5.41, 5.74) is 0.834. The zero-order valence-electron chi connectivity index (χ0n) is 13.4. The van der Waals surface area contributed by atoms with Gasteiger partial charge >= 0.3 is 0 Å². The lowest BCUT2D eigenvalue weighted by Gasteiger charge is -2.32. The molecule has 4 rings (SSSR count). The summed E-state index contributed by atoms with van der Waals surface area (Å²) >= 11 is 1.48. The summed E-state index contributed by atoms with van der Waals surface area (Å²) in [4.78, 5) is 20.2. The first-order valence-corrected chi connectivity index (χ1v) is 11.0. The van der Waals surface area contributed by atoms with Gasteiger partial charge in [-0.25, -0.2) is 13.4 Å². The zero-order valence-corrected chi connectivity index (χ0v) is 15.0. The van der Waals surface area contributed by atoms with E-state index in [1.54, 1.807) is 16.7 Å². The Labute approximate surface area is 144 Å². The quantitative estimate of drug-likeness (QED) is 0.613. The SMILES string of the molecule is O=c1cc(C[NH+]2CC[NH+]([C@H]3CCS(=O)(=O)C3)CC2)nc2sccn12. The molecular formula is C15H22N4O3S2+2. The van der Waals surface area contributed by atoms with E-state index in [1.807, 2.05) is 5.38 Å². The van der Waals surface area contributed by atoms with Crippen molar-refractivity contribution in [2.24, 2.45) is 0 Å². The standard InChI is InChI=1S/C15H20N4O3S2/c20-14-9-12(16-15-19(14)6-7-23-15)10-17-2-4-18(5-3-17)13-1-8-24(21,22)11-13/h6-7,9,13H,1-5,8,10-11H2/p+2/t13-/m0/s1. The van der Waals surface area contributed by atoms with Crippen molar-refractivity contribution in [2.75, 3.05) is 37.7 Å². The number of nitrogens with zero attached hydrogens (tertiary/aromatic N) is 2. The molecule has 2 aromatic heterocycles. The van der Waals surface area contributed by atoms with Crippen LogP contribution in [0, 0.1) is 0 Å². The lowest BCUT2D eigenvalue weighted by atomic mass is 10.2. The highest BCUT2D eigenvalue weighted by Gasteiger charge is 2.37. The first-order valence-electron chi connectivity index (χ1n) is 8.34. The minimum atomic E-state index is -2.80. The molecule has 2 aliphatic rings. The summed E-state index contributed by atoms with van der Waals surface area (Å²) in [6.07, 6.45) is 2.56. The molecular weight excluding hydrogens is 348 g/mol. The van der Waals surface area contributed by atoms with Gasteiger partial charge in [0.1, 0.15) is 50.2 Å². The number of thiazole rings is 1. The minimum Gasteiger partial charge on any atom is -0.322 e. The molecule has 2 saturated heterocycles. The van der Waals surface area contributed by atoms with Crippen LogP contribution in [-0.4, -0.2) is 61.5 Å². The Morgan fingerprint density at radius 2 is 2.08 bits per heavy atom. The zero-order chi connectivity index (χ0) is 16.7. The molecule has 0 amide bonds. The number of aromatic nitrogens is 2. The van der Waals surface area contributed by atoms with Crippen LogP contribution in [0.1, 0.15) is 12.1 Å². The number of piperazine rings is 1. The summed E-state index contributed by atoms with van der Waals surface area (Å²) in [7, 11) is -2.80. The Kier molecular flexibility index (Phi) is 4.19. The Morgan fingerprint density at radius 1 is 1.29 bits per heavy atom. The van der Waals surface area contributed by atoms with Gasteiger partial charge in [-0.05, 0) is 0 Å². The first kappa shape index (κ1) is 16.2. The van der Waals surface area contributed by atoms with Gasteiger partial charge < -0.3 is 9.80 Å². The third-order valence-electron chi connectivity index (χ3n) is 5.20. The summed E-state index contributed by atoms with van der Waals surface area (Å²) in [5.74, 6) is 0.706. The average molecular weight is 371 g/mol. The second-order valence-electron chi connectivity index (χ2n) is 6.83. The largest absolute Gasteiger partial charge is 0.322 e. The van der Waals surface area contributed by atoms with Crippen molar-refractivity contribution in [1.29, 1.82) is 0 Å². The van der Waals surface area contributed by atoms with Crippen molar-refractivity contribution in [3.8, 4) is 0 Å². The van der Waals surface area contributed by atoms with E-state index in [4.69, 9.17) is 0 Å². The molecule has 0 saturated carbocycles. The highest BCUT2D eigenvalue weighted by molar-refractivity contribution is 7.91. The van der Waals surface area contributed by atoms with E-state index in [0.717, 1.165) is 49.8 Å². The van der Waals surface area contributed by atoms with Crippen LogP contribution < -0.4 is 15.4 Å². The van der Waals surface area contributed by atoms with Gasteiger partial charge in [-0.2, -0.15) is 0 Å². The topological polar surface area (TPSA) is 77.4 Å². The van der Waals surface area contributed by atoms with Gasteiger partial charge in [0.15, 0.2) is 14.8 Å². The van der Waals surface area contributed by atoms with Gasteiger partial charge in [0.2, 0.25) is 0 Å². The number of rotatable bonds is 3. The fraction of sp³-hybridized carbons (Fsp3) is 0.600. The maximum atomic E-state index is 12.0. The third kappa shape index (κ3) is 3.26. The molecule has 24 heavy (non-hydrogen) atoms. The van der Waals surface area contributed by atoms with Crippen molar-refractivity contribution in [3.63, 3.8) is 0 Å².